The summed E-state index contributed by atoms with van der Waals surface area (Å²) in [6.07, 6.45) is -8.34. The molecule has 1 aromatic rings. The van der Waals surface area contributed by atoms with Crippen LogP contribution in [0.2, 0.25) is 0 Å². The monoisotopic (exact) mass is 310 g/mol. The van der Waals surface area contributed by atoms with Crippen molar-refractivity contribution in [1.82, 2.24) is 9.78 Å². The Balaban J connectivity index is 2.00. The van der Waals surface area contributed by atoms with Gasteiger partial charge in [-0.2, -0.15) is 13.9 Å². The summed E-state index contributed by atoms with van der Waals surface area (Å²) in [5, 5.41) is 13.6. The molecule has 0 amide bonds. The molecule has 2 aliphatic carbocycles. The average molecular weight is 310 g/mol. The zero-order valence-corrected chi connectivity index (χ0v) is 11.2. The fourth-order valence-electron chi connectivity index (χ4n) is 3.24. The van der Waals surface area contributed by atoms with Crippen molar-refractivity contribution in [1.29, 1.82) is 0 Å². The minimum Gasteiger partial charge on any atom is -0.382 e. The average Bonchev–Trinajstić information content (AvgIpc) is 2.84. The molecule has 1 N–H and O–H groups in total. The predicted molar refractivity (Wildman–Crippen MR) is 63.4 cm³/mol. The molecule has 5 atom stereocenters. The highest BCUT2D eigenvalue weighted by molar-refractivity contribution is 5.38. The van der Waals surface area contributed by atoms with E-state index in [0.29, 0.717) is 0 Å². The van der Waals surface area contributed by atoms with Gasteiger partial charge in [0, 0.05) is 12.0 Å². The van der Waals surface area contributed by atoms with E-state index in [9.17, 15) is 27.1 Å². The number of rotatable bonds is 1. The highest BCUT2D eigenvalue weighted by atomic mass is 19.3. The van der Waals surface area contributed by atoms with Gasteiger partial charge in [-0.1, -0.05) is 0 Å². The first-order chi connectivity index (χ1) is 9.75. The first-order valence-corrected chi connectivity index (χ1v) is 6.82. The number of aliphatic hydroxyl groups is 1. The van der Waals surface area contributed by atoms with Crippen LogP contribution >= 0.6 is 0 Å². The van der Waals surface area contributed by atoms with E-state index in [1.165, 1.54) is 6.92 Å². The smallest absolute Gasteiger partial charge is 0.313 e. The van der Waals surface area contributed by atoms with Gasteiger partial charge >= 0.3 is 5.92 Å². The molecule has 0 unspecified atom stereocenters. The van der Waals surface area contributed by atoms with Crippen molar-refractivity contribution in [2.75, 3.05) is 0 Å². The molecule has 0 radical (unpaired) electrons. The topological polar surface area (TPSA) is 38.0 Å². The molecule has 0 spiro atoms. The lowest BCUT2D eigenvalue weighted by Gasteiger charge is -2.29. The van der Waals surface area contributed by atoms with Crippen molar-refractivity contribution in [3.05, 3.63) is 17.0 Å². The molecule has 1 aromatic heterocycles. The molecule has 2 aliphatic rings. The van der Waals surface area contributed by atoms with E-state index in [-0.39, 0.29) is 30.5 Å². The maximum absolute atomic E-state index is 14.0. The summed E-state index contributed by atoms with van der Waals surface area (Å²) >= 11 is 0. The van der Waals surface area contributed by atoms with E-state index in [1.807, 2.05) is 0 Å². The lowest BCUT2D eigenvalue weighted by atomic mass is 9.92. The van der Waals surface area contributed by atoms with Gasteiger partial charge in [-0.3, -0.25) is 4.68 Å². The Kier molecular flexibility index (Phi) is 3.27. The Morgan fingerprint density at radius 1 is 1.19 bits per heavy atom. The molecule has 8 heteroatoms. The quantitative estimate of drug-likeness (QED) is 0.808. The number of hydrogen-bond acceptors (Lipinski definition) is 2. The molecule has 0 bridgehead atoms. The van der Waals surface area contributed by atoms with Crippen molar-refractivity contribution in [3.63, 3.8) is 0 Å². The van der Waals surface area contributed by atoms with Gasteiger partial charge in [0.05, 0.1) is 17.4 Å². The number of alkyl halides is 5. The number of aryl methyl sites for hydroxylation is 1. The minimum atomic E-state index is -3.92. The van der Waals surface area contributed by atoms with Crippen molar-refractivity contribution >= 4 is 0 Å². The van der Waals surface area contributed by atoms with E-state index in [2.05, 4.69) is 5.10 Å². The SMILES string of the molecule is Cc1nn([C@@H]2CC[C@@H](F)[C@@H](F)C2)c2c1[C@H](O)C(F)(F)[C@@H]2F. The van der Waals surface area contributed by atoms with E-state index in [4.69, 9.17) is 0 Å². The fraction of sp³-hybridized carbons (Fsp3) is 0.769. The molecule has 3 nitrogen and oxygen atoms in total. The van der Waals surface area contributed by atoms with Crippen molar-refractivity contribution in [2.24, 2.45) is 0 Å². The highest BCUT2D eigenvalue weighted by Gasteiger charge is 2.59. The van der Waals surface area contributed by atoms with Gasteiger partial charge in [0.15, 0.2) is 0 Å². The van der Waals surface area contributed by atoms with E-state index in [0.717, 1.165) is 4.68 Å². The summed E-state index contributed by atoms with van der Waals surface area (Å²) in [4.78, 5) is 0. The normalized spacial score (nSPS) is 38.5. The van der Waals surface area contributed by atoms with Crippen molar-refractivity contribution < 1.29 is 27.1 Å². The molecule has 118 valence electrons. The molecule has 1 heterocycles. The van der Waals surface area contributed by atoms with Crippen molar-refractivity contribution in [2.45, 2.75) is 62.8 Å². The van der Waals surface area contributed by atoms with Crippen LogP contribution in [0.5, 0.6) is 0 Å². The fourth-order valence-corrected chi connectivity index (χ4v) is 3.24. The van der Waals surface area contributed by atoms with Gasteiger partial charge in [0.25, 0.3) is 0 Å². The number of halogens is 5. The predicted octanol–water partition coefficient (Wildman–Crippen LogP) is 3.29. The molecule has 1 saturated carbocycles. The van der Waals surface area contributed by atoms with Crippen LogP contribution in [-0.4, -0.2) is 33.2 Å². The summed E-state index contributed by atoms with van der Waals surface area (Å²) in [6, 6.07) is -0.672. The third-order valence-electron chi connectivity index (χ3n) is 4.40. The van der Waals surface area contributed by atoms with Gasteiger partial charge < -0.3 is 5.11 Å². The summed E-state index contributed by atoms with van der Waals surface area (Å²) in [6.45, 7) is 1.39. The van der Waals surface area contributed by atoms with E-state index < -0.39 is 42.3 Å². The Bertz CT molecular complexity index is 561. The van der Waals surface area contributed by atoms with Crippen LogP contribution < -0.4 is 0 Å². The van der Waals surface area contributed by atoms with Gasteiger partial charge in [-0.15, -0.1) is 0 Å². The molecule has 3 rings (SSSR count). The van der Waals surface area contributed by atoms with Crippen LogP contribution in [0.3, 0.4) is 0 Å². The summed E-state index contributed by atoms with van der Waals surface area (Å²) in [5.41, 5.74) is -0.542. The lowest BCUT2D eigenvalue weighted by Crippen LogP contribution is -2.31. The van der Waals surface area contributed by atoms with Gasteiger partial charge in [-0.25, -0.2) is 13.2 Å². The number of hydrogen-bond donors (Lipinski definition) is 1. The largest absolute Gasteiger partial charge is 0.382 e. The minimum absolute atomic E-state index is 0.0601. The van der Waals surface area contributed by atoms with Crippen LogP contribution in [0.1, 0.15) is 54.5 Å². The van der Waals surface area contributed by atoms with Crippen LogP contribution in [0.25, 0.3) is 0 Å². The zero-order valence-electron chi connectivity index (χ0n) is 11.2. The molecule has 1 fully saturated rings. The van der Waals surface area contributed by atoms with Crippen molar-refractivity contribution in [3.8, 4) is 0 Å². The highest BCUT2D eigenvalue weighted by Crippen LogP contribution is 2.54. The lowest BCUT2D eigenvalue weighted by molar-refractivity contribution is -0.145. The zero-order chi connectivity index (χ0) is 15.5. The van der Waals surface area contributed by atoms with Crippen LogP contribution in [0.15, 0.2) is 0 Å². The second-order valence-corrected chi connectivity index (χ2v) is 5.77. The Labute approximate surface area is 117 Å². The summed E-state index contributed by atoms with van der Waals surface area (Å²) in [5.74, 6) is -3.92. The summed E-state index contributed by atoms with van der Waals surface area (Å²) < 4.78 is 68.9. The Morgan fingerprint density at radius 3 is 2.48 bits per heavy atom. The van der Waals surface area contributed by atoms with E-state index >= 15 is 0 Å². The second kappa shape index (κ2) is 4.66. The van der Waals surface area contributed by atoms with Gasteiger partial charge in [0.2, 0.25) is 6.17 Å². The number of aromatic nitrogens is 2. The Hall–Kier alpha value is -1.18. The first kappa shape index (κ1) is 14.7. The molecular weight excluding hydrogens is 295 g/mol. The molecule has 0 aromatic carbocycles. The number of aliphatic hydroxyl groups excluding tert-OH is 1. The molecular formula is C13H15F5N2O. The standard InChI is InChI=1S/C13H15F5N2O/c1-5-9-10(11(16)13(17,18)12(9)21)20(19-5)6-2-3-7(14)8(15)4-6/h6-8,11-12,21H,2-4H2,1H3/t6-,7-,8+,11-,12+/m1/s1. The maximum Gasteiger partial charge on any atom is 0.313 e. The van der Waals surface area contributed by atoms with Gasteiger partial charge in [-0.05, 0) is 19.8 Å². The van der Waals surface area contributed by atoms with Crippen LogP contribution in [0.4, 0.5) is 22.0 Å². The molecule has 21 heavy (non-hydrogen) atoms. The summed E-state index contributed by atoms with van der Waals surface area (Å²) in [7, 11) is 0. The number of fused-ring (bicyclic) bond motifs is 1. The van der Waals surface area contributed by atoms with Crippen LogP contribution in [0, 0.1) is 6.92 Å². The molecule has 0 aliphatic heterocycles. The third-order valence-corrected chi connectivity index (χ3v) is 4.40. The maximum atomic E-state index is 14.0. The third kappa shape index (κ3) is 1.98. The van der Waals surface area contributed by atoms with E-state index in [1.54, 1.807) is 0 Å². The Morgan fingerprint density at radius 2 is 1.86 bits per heavy atom. The second-order valence-electron chi connectivity index (χ2n) is 5.77. The van der Waals surface area contributed by atoms with Gasteiger partial charge in [0.1, 0.15) is 18.4 Å². The number of nitrogens with zero attached hydrogens (tertiary/aromatic N) is 2. The first-order valence-electron chi connectivity index (χ1n) is 6.82. The van der Waals surface area contributed by atoms with Crippen LogP contribution in [-0.2, 0) is 0 Å². The molecule has 0 saturated heterocycles.